The second-order valence-corrected chi connectivity index (χ2v) is 0. The molecule has 0 atom stereocenters. The molecule has 31 valence electrons. The molecule has 0 spiro atoms. The van der Waals surface area contributed by atoms with Crippen LogP contribution in [-0.4, -0.2) is 17.4 Å². The van der Waals surface area contributed by atoms with Crippen LogP contribution in [0.4, 0.5) is 0 Å². The summed E-state index contributed by atoms with van der Waals surface area (Å²) in [6.07, 6.45) is 0. The van der Waals surface area contributed by atoms with Crippen LogP contribution in [0.2, 0.25) is 0 Å². The Bertz CT molecular complexity index is 8.00. The van der Waals surface area contributed by atoms with Gasteiger partial charge in [-0.2, -0.15) is 0 Å². The predicted molar refractivity (Wildman–Crippen MR) is 15.0 cm³/mol. The monoisotopic (exact) mass is 206 g/mol. The van der Waals surface area contributed by atoms with E-state index in [4.69, 9.17) is 0 Å². The third-order valence-electron chi connectivity index (χ3n) is 0. The summed E-state index contributed by atoms with van der Waals surface area (Å²) in [5.41, 5.74) is 0. The summed E-state index contributed by atoms with van der Waals surface area (Å²) in [6, 6.07) is 0. The van der Waals surface area contributed by atoms with Crippen LogP contribution in [0.5, 0.6) is 0 Å². The summed E-state index contributed by atoms with van der Waals surface area (Å²) in [7, 11) is 0. The van der Waals surface area contributed by atoms with Crippen molar-refractivity contribution in [3.8, 4) is 0 Å². The van der Waals surface area contributed by atoms with E-state index < -0.39 is 0 Å². The molecule has 4 heavy (non-hydrogen) atoms. The van der Waals surface area contributed by atoms with E-state index in [1.54, 1.807) is 0 Å². The Hall–Kier alpha value is 1.77. The van der Waals surface area contributed by atoms with Gasteiger partial charge in [0.15, 0.2) is 17.4 Å². The van der Waals surface area contributed by atoms with Crippen molar-refractivity contribution >= 4 is 17.4 Å². The van der Waals surface area contributed by atoms with Gasteiger partial charge in [0.05, 0.1) is 0 Å². The van der Waals surface area contributed by atoms with Gasteiger partial charge in [-0.15, -0.1) is 0 Å². The summed E-state index contributed by atoms with van der Waals surface area (Å²) >= 11 is 0. The van der Waals surface area contributed by atoms with Crippen LogP contribution in [-0.2, 0) is 39.7 Å². The molecule has 0 aromatic heterocycles. The zero-order valence-electron chi connectivity index (χ0n) is 1.42. The summed E-state index contributed by atoms with van der Waals surface area (Å²) in [4.78, 5) is 0. The molecular weight excluding hydrogens is 201 g/mol. The summed E-state index contributed by atoms with van der Waals surface area (Å²) < 4.78 is 0. The van der Waals surface area contributed by atoms with Gasteiger partial charge in [-0.1, -0.05) is 0 Å². The average molecular weight is 207 g/mol. The SMILES string of the molecule is N.[Ag].[AlH3].[Cr]. The molecule has 1 radical (unpaired) electrons. The third-order valence-corrected chi connectivity index (χ3v) is 0. The van der Waals surface area contributed by atoms with Gasteiger partial charge in [0.25, 0.3) is 0 Å². The molecule has 0 saturated carbocycles. The second-order valence-electron chi connectivity index (χ2n) is 0. The molecule has 0 rings (SSSR count). The van der Waals surface area contributed by atoms with Gasteiger partial charge in [0, 0.05) is 39.7 Å². The fraction of sp³-hybridized carbons (Fsp3) is 0. The molecule has 0 bridgehead atoms. The molecule has 0 saturated heterocycles. The van der Waals surface area contributed by atoms with Crippen molar-refractivity contribution in [3.05, 3.63) is 0 Å². The molecular formula is H6AgAlCrN. The average Bonchev–Trinajstić information content (AvgIpc) is 0. The van der Waals surface area contributed by atoms with Crippen LogP contribution in [0.3, 0.4) is 0 Å². The van der Waals surface area contributed by atoms with E-state index in [1.165, 1.54) is 0 Å². The van der Waals surface area contributed by atoms with Gasteiger partial charge in [0.2, 0.25) is 0 Å². The molecule has 0 amide bonds. The van der Waals surface area contributed by atoms with Gasteiger partial charge in [0.1, 0.15) is 0 Å². The Balaban J connectivity index is 0. The smallest absolute Gasteiger partial charge is 0.187 e. The van der Waals surface area contributed by atoms with Crippen molar-refractivity contribution in [1.29, 1.82) is 0 Å². The topological polar surface area (TPSA) is 35.0 Å². The number of hydrogen-bond donors (Lipinski definition) is 1. The Morgan fingerprint density at radius 3 is 1.00 bits per heavy atom. The largest absolute Gasteiger partial charge is 0.344 e. The van der Waals surface area contributed by atoms with E-state index in [0.717, 1.165) is 0 Å². The zero-order chi connectivity index (χ0) is 0. The van der Waals surface area contributed by atoms with E-state index in [1.807, 2.05) is 0 Å². The van der Waals surface area contributed by atoms with Crippen LogP contribution in [0.15, 0.2) is 0 Å². The molecule has 0 fully saturated rings. The first-order chi connectivity index (χ1) is 0. The Morgan fingerprint density at radius 1 is 1.00 bits per heavy atom. The Kier molecular flexibility index (Phi) is 228. The molecule has 3 N–H and O–H groups in total. The Labute approximate surface area is 62.9 Å². The molecule has 4 heteroatoms. The maximum absolute atomic E-state index is 0. The molecule has 0 aromatic rings. The fourth-order valence-electron chi connectivity index (χ4n) is 0. The molecule has 0 aliphatic rings. The molecule has 0 aliphatic carbocycles. The summed E-state index contributed by atoms with van der Waals surface area (Å²) in [6.45, 7) is 0. The molecule has 1 nitrogen and oxygen atoms in total. The fourth-order valence-corrected chi connectivity index (χ4v) is 0. The van der Waals surface area contributed by atoms with Crippen LogP contribution < -0.4 is 6.15 Å². The van der Waals surface area contributed by atoms with E-state index in [-0.39, 0.29) is 63.3 Å². The van der Waals surface area contributed by atoms with Crippen molar-refractivity contribution in [2.75, 3.05) is 0 Å². The van der Waals surface area contributed by atoms with Gasteiger partial charge in [-0.05, 0) is 0 Å². The van der Waals surface area contributed by atoms with Gasteiger partial charge >= 0.3 is 0 Å². The third kappa shape index (κ3) is 9.24. The zero-order valence-corrected chi connectivity index (χ0v) is 4.17. The van der Waals surface area contributed by atoms with E-state index in [0.29, 0.717) is 0 Å². The number of rotatable bonds is 0. The normalized spacial score (nSPS) is 0. The van der Waals surface area contributed by atoms with Crippen LogP contribution in [0.25, 0.3) is 0 Å². The first-order valence-corrected chi connectivity index (χ1v) is 0. The Morgan fingerprint density at radius 2 is 1.00 bits per heavy atom. The minimum Gasteiger partial charge on any atom is -0.344 e. The van der Waals surface area contributed by atoms with Crippen LogP contribution in [0.1, 0.15) is 0 Å². The minimum absolute atomic E-state index is 0. The first-order valence-electron chi connectivity index (χ1n) is 0. The van der Waals surface area contributed by atoms with E-state index in [2.05, 4.69) is 0 Å². The summed E-state index contributed by atoms with van der Waals surface area (Å²) in [5.74, 6) is 0. The van der Waals surface area contributed by atoms with Crippen molar-refractivity contribution in [3.63, 3.8) is 0 Å². The van der Waals surface area contributed by atoms with Gasteiger partial charge in [-0.25, -0.2) is 0 Å². The second kappa shape index (κ2) is 21.7. The van der Waals surface area contributed by atoms with Gasteiger partial charge in [-0.3, -0.25) is 0 Å². The minimum atomic E-state index is 0. The van der Waals surface area contributed by atoms with Crippen molar-refractivity contribution in [2.24, 2.45) is 0 Å². The standard InChI is InChI=1S/Ag.Al.Cr.H3N.3H/h;;;1H3;;;. The van der Waals surface area contributed by atoms with Crippen molar-refractivity contribution in [1.82, 2.24) is 6.15 Å². The quantitative estimate of drug-likeness (QED) is 0.506. The molecule has 0 heterocycles. The number of hydrogen-bond acceptors (Lipinski definition) is 1. The van der Waals surface area contributed by atoms with Gasteiger partial charge < -0.3 is 6.15 Å². The van der Waals surface area contributed by atoms with Crippen LogP contribution >= 0.6 is 0 Å². The van der Waals surface area contributed by atoms with Crippen molar-refractivity contribution < 1.29 is 39.7 Å². The van der Waals surface area contributed by atoms with E-state index >= 15 is 0 Å². The predicted octanol–water partition coefficient (Wildman–Crippen LogP) is -1.03. The van der Waals surface area contributed by atoms with E-state index in [9.17, 15) is 0 Å². The van der Waals surface area contributed by atoms with Crippen molar-refractivity contribution in [2.45, 2.75) is 0 Å². The molecule has 0 unspecified atom stereocenters. The maximum Gasteiger partial charge on any atom is 0.187 e. The van der Waals surface area contributed by atoms with Crippen LogP contribution in [0, 0.1) is 0 Å². The summed E-state index contributed by atoms with van der Waals surface area (Å²) in [5, 5.41) is 0. The molecule has 0 aliphatic heterocycles. The molecule has 0 aromatic carbocycles. The maximum atomic E-state index is 0. The first kappa shape index (κ1) is 42.0.